The number of carbonyl (C=O) groups is 1. The van der Waals surface area contributed by atoms with Gasteiger partial charge in [0.25, 0.3) is 0 Å². The minimum Gasteiger partial charge on any atom is -0.321 e. The van der Waals surface area contributed by atoms with E-state index in [1.807, 2.05) is 32.9 Å². The summed E-state index contributed by atoms with van der Waals surface area (Å²) in [6, 6.07) is 7.12. The van der Waals surface area contributed by atoms with Crippen LogP contribution in [-0.2, 0) is 11.2 Å². The number of Topliss-reactive ketones (excluding diaryl/α,β-unsaturated/α-hetero) is 1. The van der Waals surface area contributed by atoms with E-state index in [4.69, 9.17) is 7.10 Å². The van der Waals surface area contributed by atoms with Crippen LogP contribution >= 0.6 is 0 Å². The average Bonchev–Trinajstić information content (AvgIpc) is 2.19. The first-order valence-electron chi connectivity index (χ1n) is 5.66. The molecule has 0 unspecified atom stereocenters. The zero-order chi connectivity index (χ0) is 12.3. The lowest BCUT2D eigenvalue weighted by Crippen LogP contribution is -2.40. The normalized spacial score (nSPS) is 14.5. The number of benzene rings is 1. The Kier molecular flexibility index (Phi) is 3.17. The summed E-state index contributed by atoms with van der Waals surface area (Å²) in [5, 5.41) is 0. The van der Waals surface area contributed by atoms with Crippen molar-refractivity contribution in [2.75, 3.05) is 0 Å². The molecule has 1 aromatic carbocycles. The third-order valence-electron chi connectivity index (χ3n) is 2.32. The van der Waals surface area contributed by atoms with E-state index in [9.17, 15) is 4.79 Å². The minimum absolute atomic E-state index is 0.0717. The fraction of sp³-hybridized carbons (Fsp3) is 0.462. The molecule has 1 rings (SSSR count). The van der Waals surface area contributed by atoms with E-state index in [1.54, 1.807) is 12.1 Å². The number of ketones is 1. The molecule has 0 bridgehead atoms. The largest absolute Gasteiger partial charge is 0.321 e. The smallest absolute Gasteiger partial charge is 0.155 e. The molecule has 0 fully saturated rings. The van der Waals surface area contributed by atoms with Crippen molar-refractivity contribution in [2.45, 2.75) is 33.2 Å². The zero-order valence-corrected chi connectivity index (χ0v) is 9.58. The number of nitrogens with two attached hydrogens (primary N) is 1. The van der Waals surface area contributed by atoms with Gasteiger partial charge in [0.15, 0.2) is 5.78 Å². The van der Waals surface area contributed by atoms with Crippen LogP contribution in [0.5, 0.6) is 0 Å². The van der Waals surface area contributed by atoms with Gasteiger partial charge in [-0.2, -0.15) is 0 Å². The fourth-order valence-electron chi connectivity index (χ4n) is 1.46. The third-order valence-corrected chi connectivity index (χ3v) is 2.32. The Morgan fingerprint density at radius 2 is 2.00 bits per heavy atom. The van der Waals surface area contributed by atoms with Gasteiger partial charge in [0, 0.05) is 5.41 Å². The maximum atomic E-state index is 11.9. The van der Waals surface area contributed by atoms with Gasteiger partial charge in [0.1, 0.15) is 0 Å². The minimum atomic E-state index is -0.461. The van der Waals surface area contributed by atoms with Crippen LogP contribution in [-0.4, -0.2) is 11.8 Å². The van der Waals surface area contributed by atoms with Crippen LogP contribution in [0.25, 0.3) is 0 Å². The van der Waals surface area contributed by atoms with Crippen LogP contribution in [0.2, 0.25) is 0 Å². The van der Waals surface area contributed by atoms with Gasteiger partial charge in [-0.1, -0.05) is 51.1 Å². The molecule has 2 heteroatoms. The summed E-state index contributed by atoms with van der Waals surface area (Å²) in [5.74, 6) is 0.0717. The van der Waals surface area contributed by atoms with Gasteiger partial charge < -0.3 is 5.73 Å². The Morgan fingerprint density at radius 3 is 2.47 bits per heavy atom. The standard InChI is InChI=1S/C13H19NO/c1-13(2,3)12(15)11(14)9-10-7-5-4-6-8-10/h4-8,11H,9,14H2,1-3H3/t11-/m0/s1/i4D. The summed E-state index contributed by atoms with van der Waals surface area (Å²) in [6.07, 6.45) is 0.538. The topological polar surface area (TPSA) is 43.1 Å². The Balaban J connectivity index is 2.68. The molecule has 0 saturated carbocycles. The zero-order valence-electron chi connectivity index (χ0n) is 10.6. The highest BCUT2D eigenvalue weighted by atomic mass is 16.1. The van der Waals surface area contributed by atoms with E-state index in [0.29, 0.717) is 12.5 Å². The quantitative estimate of drug-likeness (QED) is 0.823. The van der Waals surface area contributed by atoms with Crippen LogP contribution in [0.15, 0.2) is 30.3 Å². The predicted octanol–water partition coefficient (Wildman–Crippen LogP) is 2.17. The molecule has 0 aromatic heterocycles. The molecule has 0 radical (unpaired) electrons. The highest BCUT2D eigenvalue weighted by molar-refractivity contribution is 5.88. The molecule has 0 amide bonds. The molecule has 82 valence electrons. The highest BCUT2D eigenvalue weighted by Crippen LogP contribution is 2.17. The Labute approximate surface area is 92.9 Å². The maximum Gasteiger partial charge on any atom is 0.155 e. The second kappa shape index (κ2) is 4.58. The van der Waals surface area contributed by atoms with Gasteiger partial charge in [0.05, 0.1) is 7.41 Å². The van der Waals surface area contributed by atoms with Gasteiger partial charge in [-0.25, -0.2) is 0 Å². The molecule has 0 aliphatic rings. The van der Waals surface area contributed by atoms with Crippen LogP contribution < -0.4 is 5.73 Å². The van der Waals surface area contributed by atoms with E-state index >= 15 is 0 Å². The van der Waals surface area contributed by atoms with Gasteiger partial charge in [-0.05, 0) is 12.0 Å². The Hall–Kier alpha value is -1.15. The van der Waals surface area contributed by atoms with Gasteiger partial charge in [-0.3, -0.25) is 4.79 Å². The van der Waals surface area contributed by atoms with Crippen molar-refractivity contribution in [1.29, 1.82) is 0 Å². The first-order valence-corrected chi connectivity index (χ1v) is 5.16. The van der Waals surface area contributed by atoms with Gasteiger partial charge in [0.2, 0.25) is 0 Å². The summed E-state index contributed by atoms with van der Waals surface area (Å²) in [6.45, 7) is 5.63. The molecule has 15 heavy (non-hydrogen) atoms. The van der Waals surface area contributed by atoms with Crippen molar-refractivity contribution in [2.24, 2.45) is 11.1 Å². The summed E-state index contributed by atoms with van der Waals surface area (Å²) in [4.78, 5) is 11.9. The van der Waals surface area contributed by atoms with Crippen molar-refractivity contribution in [3.05, 3.63) is 35.9 Å². The summed E-state index contributed by atoms with van der Waals surface area (Å²) >= 11 is 0. The van der Waals surface area contributed by atoms with Gasteiger partial charge in [-0.15, -0.1) is 0 Å². The van der Waals surface area contributed by atoms with Crippen LogP contribution in [0, 0.1) is 5.41 Å². The first kappa shape index (κ1) is 10.4. The van der Waals surface area contributed by atoms with E-state index < -0.39 is 11.5 Å². The molecule has 0 spiro atoms. The van der Waals surface area contributed by atoms with Crippen molar-refractivity contribution >= 4 is 5.78 Å². The second-order valence-electron chi connectivity index (χ2n) is 4.83. The molecule has 1 aromatic rings. The molecular formula is C13H19NO. The summed E-state index contributed by atoms with van der Waals surface area (Å²) in [7, 11) is 0. The average molecular weight is 206 g/mol. The van der Waals surface area contributed by atoms with Crippen LogP contribution in [0.3, 0.4) is 0 Å². The second-order valence-corrected chi connectivity index (χ2v) is 4.83. The lowest BCUT2D eigenvalue weighted by Gasteiger charge is -2.21. The van der Waals surface area contributed by atoms with Crippen molar-refractivity contribution in [3.63, 3.8) is 0 Å². The highest BCUT2D eigenvalue weighted by Gasteiger charge is 2.26. The van der Waals surface area contributed by atoms with Crippen molar-refractivity contribution < 1.29 is 6.17 Å². The monoisotopic (exact) mass is 206 g/mol. The van der Waals surface area contributed by atoms with Crippen molar-refractivity contribution in [3.8, 4) is 0 Å². The third kappa shape index (κ3) is 3.48. The van der Waals surface area contributed by atoms with E-state index in [0.717, 1.165) is 5.56 Å². The first-order chi connectivity index (χ1) is 7.30. The SMILES string of the molecule is [2H]c1ccc(C[C@H](N)C(=O)C(C)(C)C)cc1. The molecule has 0 aliphatic carbocycles. The number of hydrogen-bond donors (Lipinski definition) is 1. The van der Waals surface area contributed by atoms with Crippen molar-refractivity contribution in [1.82, 2.24) is 0 Å². The number of hydrogen-bond acceptors (Lipinski definition) is 2. The lowest BCUT2D eigenvalue weighted by atomic mass is 9.85. The fourth-order valence-corrected chi connectivity index (χ4v) is 1.46. The van der Waals surface area contributed by atoms with E-state index in [1.165, 1.54) is 0 Å². The molecule has 0 aliphatic heterocycles. The molecule has 0 saturated heterocycles. The molecule has 1 atom stereocenters. The Morgan fingerprint density at radius 1 is 1.47 bits per heavy atom. The van der Waals surface area contributed by atoms with E-state index in [-0.39, 0.29) is 5.78 Å². The van der Waals surface area contributed by atoms with Crippen LogP contribution in [0.1, 0.15) is 27.7 Å². The molecular weight excluding hydrogens is 186 g/mol. The number of rotatable bonds is 3. The molecule has 2 N–H and O–H groups in total. The van der Waals surface area contributed by atoms with Gasteiger partial charge >= 0.3 is 0 Å². The van der Waals surface area contributed by atoms with Crippen LogP contribution in [0.4, 0.5) is 0 Å². The Bertz CT molecular complexity index is 365. The number of carbonyl (C=O) groups excluding carboxylic acids is 1. The lowest BCUT2D eigenvalue weighted by molar-refractivity contribution is -0.127. The summed E-state index contributed by atoms with van der Waals surface area (Å²) in [5.41, 5.74) is 6.48. The molecule has 2 nitrogen and oxygen atoms in total. The molecule has 0 heterocycles. The van der Waals surface area contributed by atoms with E-state index in [2.05, 4.69) is 0 Å². The maximum absolute atomic E-state index is 11.9. The summed E-state index contributed by atoms with van der Waals surface area (Å²) < 4.78 is 7.36. The predicted molar refractivity (Wildman–Crippen MR) is 62.6 cm³/mol.